The molecule has 0 bridgehead atoms. The molecule has 0 radical (unpaired) electrons. The van der Waals surface area contributed by atoms with E-state index in [1.54, 1.807) is 0 Å². The zero-order valence-electron chi connectivity index (χ0n) is 26.4. The summed E-state index contributed by atoms with van der Waals surface area (Å²) in [5.41, 5.74) is 16.7. The van der Waals surface area contributed by atoms with Crippen LogP contribution in [0.5, 0.6) is 0 Å². The Morgan fingerprint density at radius 3 is 2.25 bits per heavy atom. The highest BCUT2D eigenvalue weighted by Crippen LogP contribution is 2.43. The van der Waals surface area contributed by atoms with E-state index in [0.717, 1.165) is 51.3 Å². The first-order valence-corrected chi connectivity index (χ1v) is 16.4. The third kappa shape index (κ3) is 4.02. The minimum atomic E-state index is 0.954. The summed E-state index contributed by atoms with van der Waals surface area (Å²) in [6.45, 7) is 0. The van der Waals surface area contributed by atoms with E-state index in [0.29, 0.717) is 0 Å². The lowest BCUT2D eigenvalue weighted by Crippen LogP contribution is -1.96. The highest BCUT2D eigenvalue weighted by Gasteiger charge is 2.22. The molecule has 0 fully saturated rings. The van der Waals surface area contributed by atoms with Crippen LogP contribution in [0, 0.1) is 0 Å². The molecule has 48 heavy (non-hydrogen) atoms. The number of hydrogen-bond acceptors (Lipinski definition) is 2. The van der Waals surface area contributed by atoms with Crippen molar-refractivity contribution in [2.75, 3.05) is 0 Å². The Morgan fingerprint density at radius 2 is 1.33 bits per heavy atom. The number of fused-ring (bicyclic) bond motifs is 7. The zero-order chi connectivity index (χ0) is 31.8. The van der Waals surface area contributed by atoms with Gasteiger partial charge in [-0.3, -0.25) is 4.98 Å². The molecule has 10 rings (SSSR count). The first-order valence-electron chi connectivity index (χ1n) is 16.4. The van der Waals surface area contributed by atoms with E-state index in [1.807, 2.05) is 24.4 Å². The van der Waals surface area contributed by atoms with Crippen LogP contribution >= 0.6 is 0 Å². The third-order valence-corrected chi connectivity index (χ3v) is 10.0. The van der Waals surface area contributed by atoms with Gasteiger partial charge in [0.1, 0.15) is 5.82 Å². The molecular formula is C44H30N4. The van der Waals surface area contributed by atoms with E-state index < -0.39 is 0 Å². The fraction of sp³-hybridized carbons (Fsp3) is 0.0455. The van der Waals surface area contributed by atoms with E-state index >= 15 is 0 Å². The Labute approximate surface area is 278 Å². The zero-order valence-corrected chi connectivity index (χ0v) is 26.4. The summed E-state index contributed by atoms with van der Waals surface area (Å²) in [6.07, 6.45) is 2.83. The lowest BCUT2D eigenvalue weighted by Gasteiger charge is -2.11. The molecule has 0 amide bonds. The molecule has 4 nitrogen and oxygen atoms in total. The Hall–Kier alpha value is -6.26. The predicted octanol–water partition coefficient (Wildman–Crippen LogP) is 10.6. The summed E-state index contributed by atoms with van der Waals surface area (Å²) < 4.78 is 4.61. The van der Waals surface area contributed by atoms with E-state index in [-0.39, 0.29) is 0 Å². The fourth-order valence-electron chi connectivity index (χ4n) is 7.78. The smallest absolute Gasteiger partial charge is 0.140 e. The third-order valence-electron chi connectivity index (χ3n) is 10.0. The Kier molecular flexibility index (Phi) is 5.82. The molecule has 226 valence electrons. The second kappa shape index (κ2) is 10.4. The molecule has 0 unspecified atom stereocenters. The van der Waals surface area contributed by atoms with Gasteiger partial charge in [0.25, 0.3) is 0 Å². The number of aromatic nitrogens is 4. The molecule has 9 aromatic rings. The van der Waals surface area contributed by atoms with Crippen LogP contribution in [0.3, 0.4) is 0 Å². The number of rotatable bonds is 4. The largest absolute Gasteiger partial charge is 0.327 e. The number of hydrogen-bond donors (Lipinski definition) is 0. The Morgan fingerprint density at radius 1 is 0.542 bits per heavy atom. The average molecular weight is 615 g/mol. The minimum absolute atomic E-state index is 0.954. The van der Waals surface area contributed by atoms with Gasteiger partial charge >= 0.3 is 0 Å². The molecule has 0 atom stereocenters. The van der Waals surface area contributed by atoms with Gasteiger partial charge in [0.2, 0.25) is 0 Å². The van der Waals surface area contributed by atoms with Crippen LogP contribution in [-0.2, 0) is 13.5 Å². The van der Waals surface area contributed by atoms with E-state index in [9.17, 15) is 0 Å². The number of benzene rings is 6. The van der Waals surface area contributed by atoms with Gasteiger partial charge in [-0.25, -0.2) is 4.98 Å². The maximum Gasteiger partial charge on any atom is 0.140 e. The molecule has 0 aliphatic heterocycles. The second-order valence-electron chi connectivity index (χ2n) is 12.7. The number of para-hydroxylation sites is 2. The summed E-state index contributed by atoms with van der Waals surface area (Å²) in [4.78, 5) is 9.72. The van der Waals surface area contributed by atoms with Crippen LogP contribution < -0.4 is 0 Å². The molecule has 3 heterocycles. The molecule has 1 aliphatic rings. The number of nitrogens with zero attached hydrogens (tertiary/aromatic N) is 4. The number of imidazole rings is 1. The maximum absolute atomic E-state index is 5.06. The van der Waals surface area contributed by atoms with Gasteiger partial charge < -0.3 is 9.13 Å². The van der Waals surface area contributed by atoms with Crippen LogP contribution in [0.25, 0.3) is 83.4 Å². The van der Waals surface area contributed by atoms with E-state index in [2.05, 4.69) is 149 Å². The summed E-state index contributed by atoms with van der Waals surface area (Å²) >= 11 is 0. The molecule has 4 heteroatoms. The first-order chi connectivity index (χ1) is 23.7. The lowest BCUT2D eigenvalue weighted by atomic mass is 9.95. The standard InChI is InChI=1S/C44H30N4/c1-47-40-17-5-4-16-39(40)46-44(47)31-20-22-37-42(27-31)48(33-12-8-11-30(26-33)38-15-6-7-23-45-38)41-18-9-14-36(43(37)41)29-19-21-35-32(25-29)24-28-10-2-3-13-34(28)35/h2-23,25-27H,24H2,1H3. The van der Waals surface area contributed by atoms with Crippen LogP contribution in [0.4, 0.5) is 0 Å². The lowest BCUT2D eigenvalue weighted by molar-refractivity contribution is 0.959. The molecule has 6 aromatic carbocycles. The SMILES string of the molecule is Cn1c(-c2ccc3c4c(-c5ccc6c(c5)Cc5ccccc5-6)cccc4n(-c4cccc(-c5ccccn5)c4)c3c2)nc2ccccc21. The van der Waals surface area contributed by atoms with Gasteiger partial charge in [-0.05, 0) is 88.3 Å². The Balaban J connectivity index is 1.23. The van der Waals surface area contributed by atoms with Gasteiger partial charge in [0.05, 0.1) is 27.8 Å². The normalized spacial score (nSPS) is 12.2. The minimum Gasteiger partial charge on any atom is -0.327 e. The van der Waals surface area contributed by atoms with Crippen molar-refractivity contribution in [1.82, 2.24) is 19.1 Å². The van der Waals surface area contributed by atoms with Gasteiger partial charge in [-0.1, -0.05) is 97.1 Å². The van der Waals surface area contributed by atoms with E-state index in [1.165, 1.54) is 49.7 Å². The molecule has 0 saturated heterocycles. The van der Waals surface area contributed by atoms with Crippen molar-refractivity contribution in [1.29, 1.82) is 0 Å². The highest BCUT2D eigenvalue weighted by atomic mass is 15.1. The van der Waals surface area contributed by atoms with Gasteiger partial charge in [-0.2, -0.15) is 0 Å². The monoisotopic (exact) mass is 614 g/mol. The van der Waals surface area contributed by atoms with Crippen molar-refractivity contribution in [3.8, 4) is 50.6 Å². The number of aryl methyl sites for hydroxylation is 1. The first kappa shape index (κ1) is 26.9. The van der Waals surface area contributed by atoms with Crippen LogP contribution in [-0.4, -0.2) is 19.1 Å². The average Bonchev–Trinajstić information content (AvgIpc) is 3.80. The summed E-state index contributed by atoms with van der Waals surface area (Å²) in [5, 5.41) is 2.47. The van der Waals surface area contributed by atoms with Crippen molar-refractivity contribution in [3.05, 3.63) is 163 Å². The molecule has 3 aromatic heterocycles. The molecule has 0 spiro atoms. The van der Waals surface area contributed by atoms with Crippen molar-refractivity contribution < 1.29 is 0 Å². The molecule has 1 aliphatic carbocycles. The fourth-order valence-corrected chi connectivity index (χ4v) is 7.78. The summed E-state index contributed by atoms with van der Waals surface area (Å²) in [7, 11) is 2.10. The van der Waals surface area contributed by atoms with Crippen LogP contribution in [0.15, 0.2) is 152 Å². The van der Waals surface area contributed by atoms with E-state index in [4.69, 9.17) is 4.98 Å². The van der Waals surface area contributed by atoms with Gasteiger partial charge in [-0.15, -0.1) is 0 Å². The van der Waals surface area contributed by atoms with Crippen molar-refractivity contribution in [2.45, 2.75) is 6.42 Å². The summed E-state index contributed by atoms with van der Waals surface area (Å²) in [6, 6.07) is 52.5. The molecule has 0 N–H and O–H groups in total. The summed E-state index contributed by atoms with van der Waals surface area (Å²) in [5.74, 6) is 0.954. The van der Waals surface area contributed by atoms with Crippen molar-refractivity contribution >= 4 is 32.8 Å². The number of pyridine rings is 1. The van der Waals surface area contributed by atoms with Gasteiger partial charge in [0.15, 0.2) is 0 Å². The maximum atomic E-state index is 5.06. The van der Waals surface area contributed by atoms with Crippen molar-refractivity contribution in [3.63, 3.8) is 0 Å². The Bertz CT molecular complexity index is 2710. The molecular weight excluding hydrogens is 585 g/mol. The van der Waals surface area contributed by atoms with Crippen LogP contribution in [0.1, 0.15) is 11.1 Å². The second-order valence-corrected chi connectivity index (χ2v) is 12.7. The highest BCUT2D eigenvalue weighted by molar-refractivity contribution is 6.16. The topological polar surface area (TPSA) is 35.6 Å². The van der Waals surface area contributed by atoms with Crippen LogP contribution in [0.2, 0.25) is 0 Å². The van der Waals surface area contributed by atoms with Crippen molar-refractivity contribution in [2.24, 2.45) is 7.05 Å². The molecule has 0 saturated carbocycles. The van der Waals surface area contributed by atoms with Gasteiger partial charge in [0, 0.05) is 40.8 Å². The predicted molar refractivity (Wildman–Crippen MR) is 197 cm³/mol. The quantitative estimate of drug-likeness (QED) is 0.198.